The molecule has 0 spiro atoms. The summed E-state index contributed by atoms with van der Waals surface area (Å²) in [6.45, 7) is 2.09. The SMILES string of the molecule is Cc1ccccc1C(O)CNC(=O)c1ccccc1-n1cccn1. The third-order valence-corrected chi connectivity index (χ3v) is 3.90. The van der Waals surface area contributed by atoms with Crippen LogP contribution in [0.5, 0.6) is 0 Å². The van der Waals surface area contributed by atoms with E-state index >= 15 is 0 Å². The molecule has 122 valence electrons. The highest BCUT2D eigenvalue weighted by Crippen LogP contribution is 2.17. The van der Waals surface area contributed by atoms with E-state index in [2.05, 4.69) is 10.4 Å². The van der Waals surface area contributed by atoms with Gasteiger partial charge in [0.2, 0.25) is 0 Å². The Morgan fingerprint density at radius 1 is 1.17 bits per heavy atom. The molecule has 1 heterocycles. The van der Waals surface area contributed by atoms with Crippen LogP contribution in [-0.2, 0) is 0 Å². The fraction of sp³-hybridized carbons (Fsp3) is 0.158. The largest absolute Gasteiger partial charge is 0.387 e. The van der Waals surface area contributed by atoms with Crippen molar-refractivity contribution in [2.75, 3.05) is 6.54 Å². The van der Waals surface area contributed by atoms with Gasteiger partial charge in [0.05, 0.1) is 17.4 Å². The number of aliphatic hydroxyl groups is 1. The van der Waals surface area contributed by atoms with Crippen molar-refractivity contribution in [2.45, 2.75) is 13.0 Å². The van der Waals surface area contributed by atoms with Crippen LogP contribution in [0.3, 0.4) is 0 Å². The number of aromatic nitrogens is 2. The maximum atomic E-state index is 12.5. The van der Waals surface area contributed by atoms with Gasteiger partial charge >= 0.3 is 0 Å². The smallest absolute Gasteiger partial charge is 0.253 e. The molecule has 1 aromatic heterocycles. The van der Waals surface area contributed by atoms with Crippen molar-refractivity contribution in [3.05, 3.63) is 83.7 Å². The fourth-order valence-corrected chi connectivity index (χ4v) is 2.63. The Labute approximate surface area is 140 Å². The molecule has 0 fully saturated rings. The molecule has 1 atom stereocenters. The molecule has 0 aliphatic carbocycles. The molecule has 5 heteroatoms. The number of carbonyl (C=O) groups excluding carboxylic acids is 1. The summed E-state index contributed by atoms with van der Waals surface area (Å²) in [6.07, 6.45) is 2.71. The first-order valence-corrected chi connectivity index (χ1v) is 7.77. The summed E-state index contributed by atoms with van der Waals surface area (Å²) in [7, 11) is 0. The molecule has 2 N–H and O–H groups in total. The summed E-state index contributed by atoms with van der Waals surface area (Å²) in [5.74, 6) is -0.242. The van der Waals surface area contributed by atoms with Crippen LogP contribution in [0.15, 0.2) is 67.0 Å². The van der Waals surface area contributed by atoms with Crippen LogP contribution < -0.4 is 5.32 Å². The summed E-state index contributed by atoms with van der Waals surface area (Å²) in [4.78, 5) is 12.5. The average molecular weight is 321 g/mol. The molecule has 0 aliphatic heterocycles. The molecule has 3 aromatic rings. The van der Waals surface area contributed by atoms with Gasteiger partial charge in [-0.05, 0) is 36.2 Å². The van der Waals surface area contributed by atoms with Gasteiger partial charge in [0.15, 0.2) is 0 Å². The van der Waals surface area contributed by atoms with Crippen LogP contribution in [0, 0.1) is 6.92 Å². The first-order chi connectivity index (χ1) is 11.7. The van der Waals surface area contributed by atoms with E-state index in [1.807, 2.05) is 43.3 Å². The molecule has 2 aromatic carbocycles. The topological polar surface area (TPSA) is 67.2 Å². The van der Waals surface area contributed by atoms with Crippen LogP contribution >= 0.6 is 0 Å². The second-order valence-corrected chi connectivity index (χ2v) is 5.55. The van der Waals surface area contributed by atoms with Crippen LogP contribution in [0.2, 0.25) is 0 Å². The fourth-order valence-electron chi connectivity index (χ4n) is 2.63. The van der Waals surface area contributed by atoms with Crippen molar-refractivity contribution in [1.82, 2.24) is 15.1 Å². The van der Waals surface area contributed by atoms with Crippen LogP contribution in [0.4, 0.5) is 0 Å². The summed E-state index contributed by atoms with van der Waals surface area (Å²) in [5.41, 5.74) is 3.03. The minimum Gasteiger partial charge on any atom is -0.387 e. The number of nitrogens with zero attached hydrogens (tertiary/aromatic N) is 2. The second-order valence-electron chi connectivity index (χ2n) is 5.55. The van der Waals surface area contributed by atoms with E-state index in [0.29, 0.717) is 11.3 Å². The van der Waals surface area contributed by atoms with E-state index in [9.17, 15) is 9.90 Å². The predicted molar refractivity (Wildman–Crippen MR) is 92.0 cm³/mol. The van der Waals surface area contributed by atoms with E-state index < -0.39 is 6.10 Å². The van der Waals surface area contributed by atoms with E-state index in [-0.39, 0.29) is 12.5 Å². The first-order valence-electron chi connectivity index (χ1n) is 7.77. The number of nitrogens with one attached hydrogen (secondary N) is 1. The number of carbonyl (C=O) groups is 1. The van der Waals surface area contributed by atoms with Gasteiger partial charge in [-0.25, -0.2) is 4.68 Å². The van der Waals surface area contributed by atoms with Gasteiger partial charge in [-0.15, -0.1) is 0 Å². The third kappa shape index (κ3) is 3.36. The number of aryl methyl sites for hydroxylation is 1. The zero-order valence-corrected chi connectivity index (χ0v) is 13.4. The molecule has 3 rings (SSSR count). The molecular weight excluding hydrogens is 302 g/mol. The Morgan fingerprint density at radius 3 is 2.67 bits per heavy atom. The normalized spacial score (nSPS) is 11.9. The number of aliphatic hydroxyl groups excluding tert-OH is 1. The number of amides is 1. The average Bonchev–Trinajstić information content (AvgIpc) is 3.14. The number of hydrogen-bond acceptors (Lipinski definition) is 3. The molecule has 0 aliphatic rings. The highest BCUT2D eigenvalue weighted by molar-refractivity contribution is 5.97. The molecule has 24 heavy (non-hydrogen) atoms. The lowest BCUT2D eigenvalue weighted by molar-refractivity contribution is 0.0916. The standard InChI is InChI=1S/C19H19N3O2/c1-14-7-2-3-8-15(14)18(23)13-20-19(24)16-9-4-5-10-17(16)22-12-6-11-21-22/h2-12,18,23H,13H2,1H3,(H,20,24). The van der Waals surface area contributed by atoms with E-state index in [1.54, 1.807) is 35.3 Å². The second kappa shape index (κ2) is 7.10. The molecular formula is C19H19N3O2. The summed E-state index contributed by atoms with van der Waals surface area (Å²) in [5, 5.41) is 17.3. The molecule has 0 bridgehead atoms. The first kappa shape index (κ1) is 16.0. The molecule has 0 saturated carbocycles. The van der Waals surface area contributed by atoms with Crippen LogP contribution in [0.1, 0.15) is 27.6 Å². The summed E-state index contributed by atoms with van der Waals surface area (Å²) in [6, 6.07) is 16.6. The Kier molecular flexibility index (Phi) is 4.72. The third-order valence-electron chi connectivity index (χ3n) is 3.90. The van der Waals surface area contributed by atoms with Gasteiger partial charge in [0.25, 0.3) is 5.91 Å². The Balaban J connectivity index is 1.74. The molecule has 1 unspecified atom stereocenters. The van der Waals surface area contributed by atoms with E-state index in [1.165, 1.54) is 0 Å². The molecule has 0 saturated heterocycles. The molecule has 5 nitrogen and oxygen atoms in total. The van der Waals surface area contributed by atoms with Crippen molar-refractivity contribution < 1.29 is 9.90 Å². The van der Waals surface area contributed by atoms with Gasteiger partial charge in [-0.2, -0.15) is 5.10 Å². The van der Waals surface area contributed by atoms with Gasteiger partial charge < -0.3 is 10.4 Å². The minimum atomic E-state index is -0.744. The Morgan fingerprint density at radius 2 is 1.92 bits per heavy atom. The summed E-state index contributed by atoms with van der Waals surface area (Å²) >= 11 is 0. The van der Waals surface area contributed by atoms with Crippen LogP contribution in [-0.4, -0.2) is 27.3 Å². The zero-order chi connectivity index (χ0) is 16.9. The van der Waals surface area contributed by atoms with Crippen LogP contribution in [0.25, 0.3) is 5.69 Å². The van der Waals surface area contributed by atoms with Crippen molar-refractivity contribution in [1.29, 1.82) is 0 Å². The van der Waals surface area contributed by atoms with Crippen molar-refractivity contribution in [2.24, 2.45) is 0 Å². The van der Waals surface area contributed by atoms with Gasteiger partial charge in [-0.1, -0.05) is 36.4 Å². The number of hydrogen-bond donors (Lipinski definition) is 2. The van der Waals surface area contributed by atoms with E-state index in [0.717, 1.165) is 11.1 Å². The van der Waals surface area contributed by atoms with Gasteiger partial charge in [-0.3, -0.25) is 4.79 Å². The predicted octanol–water partition coefficient (Wildman–Crippen LogP) is 2.64. The monoisotopic (exact) mass is 321 g/mol. The quantitative estimate of drug-likeness (QED) is 0.759. The molecule has 0 radical (unpaired) electrons. The minimum absolute atomic E-state index is 0.150. The maximum Gasteiger partial charge on any atom is 0.253 e. The van der Waals surface area contributed by atoms with E-state index in [4.69, 9.17) is 0 Å². The van der Waals surface area contributed by atoms with Crippen molar-refractivity contribution in [3.8, 4) is 5.69 Å². The Hall–Kier alpha value is -2.92. The molecule has 1 amide bonds. The highest BCUT2D eigenvalue weighted by atomic mass is 16.3. The lowest BCUT2D eigenvalue weighted by Crippen LogP contribution is -2.29. The number of para-hydroxylation sites is 1. The number of rotatable bonds is 5. The van der Waals surface area contributed by atoms with Crippen molar-refractivity contribution >= 4 is 5.91 Å². The zero-order valence-electron chi connectivity index (χ0n) is 13.4. The lowest BCUT2D eigenvalue weighted by Gasteiger charge is -2.15. The van der Waals surface area contributed by atoms with Crippen molar-refractivity contribution in [3.63, 3.8) is 0 Å². The van der Waals surface area contributed by atoms with Gasteiger partial charge in [0.1, 0.15) is 0 Å². The Bertz CT molecular complexity index is 828. The number of benzene rings is 2. The lowest BCUT2D eigenvalue weighted by atomic mass is 10.0. The summed E-state index contributed by atoms with van der Waals surface area (Å²) < 4.78 is 1.65. The maximum absolute atomic E-state index is 12.5. The highest BCUT2D eigenvalue weighted by Gasteiger charge is 2.15. The van der Waals surface area contributed by atoms with Gasteiger partial charge in [0, 0.05) is 18.9 Å².